The minimum atomic E-state index is -4.41. The van der Waals surface area contributed by atoms with E-state index in [1.165, 1.54) is 28.6 Å². The molecule has 1 aromatic carbocycles. The first-order valence-corrected chi connectivity index (χ1v) is 13.1. The van der Waals surface area contributed by atoms with Gasteiger partial charge in [0.1, 0.15) is 4.21 Å². The lowest BCUT2D eigenvalue weighted by Gasteiger charge is -2.22. The normalized spacial score (nSPS) is 17.2. The van der Waals surface area contributed by atoms with E-state index in [-0.39, 0.29) is 23.0 Å². The molecule has 34 heavy (non-hydrogen) atoms. The highest BCUT2D eigenvalue weighted by Gasteiger charge is 2.39. The van der Waals surface area contributed by atoms with E-state index in [0.717, 1.165) is 29.0 Å². The van der Waals surface area contributed by atoms with Gasteiger partial charge < -0.3 is 0 Å². The van der Waals surface area contributed by atoms with Crippen LogP contribution in [0.1, 0.15) is 30.4 Å². The lowest BCUT2D eigenvalue weighted by atomic mass is 10.0. The number of aromatic nitrogens is 1. The van der Waals surface area contributed by atoms with E-state index < -0.39 is 27.8 Å². The standard InChI is InChI=1S/C23H20ClF3N2O3S2/c24-21-9-10-22(33-21)34(31,32)29-13-1-2-19(29)20(30)8-3-15-11-12-28-18(14-15)16-4-6-17(7-5-16)23(25,26)27/h4-7,9-12,14,19H,1-3,8,13H2/t19-/m0/s1. The maximum absolute atomic E-state index is 13.0. The highest BCUT2D eigenvalue weighted by molar-refractivity contribution is 7.91. The number of carbonyl (C=O) groups is 1. The van der Waals surface area contributed by atoms with Crippen molar-refractivity contribution in [1.82, 2.24) is 9.29 Å². The summed E-state index contributed by atoms with van der Waals surface area (Å²) in [6, 6.07) is 10.4. The zero-order valence-electron chi connectivity index (χ0n) is 17.8. The Labute approximate surface area is 204 Å². The summed E-state index contributed by atoms with van der Waals surface area (Å²) in [7, 11) is -3.80. The second-order valence-electron chi connectivity index (χ2n) is 7.92. The van der Waals surface area contributed by atoms with Crippen LogP contribution in [0.15, 0.2) is 58.9 Å². The van der Waals surface area contributed by atoms with Crippen molar-refractivity contribution in [3.63, 3.8) is 0 Å². The number of halogens is 4. The van der Waals surface area contributed by atoms with E-state index in [4.69, 9.17) is 11.6 Å². The van der Waals surface area contributed by atoms with Gasteiger partial charge >= 0.3 is 6.18 Å². The molecule has 1 saturated heterocycles. The molecule has 3 heterocycles. The van der Waals surface area contributed by atoms with Gasteiger partial charge in [0.15, 0.2) is 5.78 Å². The summed E-state index contributed by atoms with van der Waals surface area (Å²) >= 11 is 6.85. The quantitative estimate of drug-likeness (QED) is 0.386. The van der Waals surface area contributed by atoms with Gasteiger partial charge in [0.05, 0.1) is 21.6 Å². The summed E-state index contributed by atoms with van der Waals surface area (Å²) in [4.78, 5) is 17.2. The molecule has 0 bridgehead atoms. The van der Waals surface area contributed by atoms with Crippen molar-refractivity contribution < 1.29 is 26.4 Å². The van der Waals surface area contributed by atoms with E-state index >= 15 is 0 Å². The number of alkyl halides is 3. The van der Waals surface area contributed by atoms with Crippen LogP contribution in [-0.2, 0) is 27.4 Å². The molecule has 3 aromatic rings. The molecular weight excluding hydrogens is 509 g/mol. The van der Waals surface area contributed by atoms with Crippen LogP contribution in [0, 0.1) is 0 Å². The Hall–Kier alpha value is -2.27. The van der Waals surface area contributed by atoms with Crippen molar-refractivity contribution in [2.45, 2.75) is 42.1 Å². The summed E-state index contributed by atoms with van der Waals surface area (Å²) in [5, 5.41) is 0. The summed E-state index contributed by atoms with van der Waals surface area (Å²) in [6.45, 7) is 0.279. The topological polar surface area (TPSA) is 67.3 Å². The van der Waals surface area contributed by atoms with E-state index in [0.29, 0.717) is 34.9 Å². The number of aryl methyl sites for hydroxylation is 1. The second kappa shape index (κ2) is 9.77. The third kappa shape index (κ3) is 5.35. The van der Waals surface area contributed by atoms with Gasteiger partial charge in [0.2, 0.25) is 0 Å². The van der Waals surface area contributed by atoms with Gasteiger partial charge in [0, 0.05) is 24.7 Å². The fourth-order valence-corrected chi connectivity index (χ4v) is 7.24. The molecule has 11 heteroatoms. The predicted octanol–water partition coefficient (Wildman–Crippen LogP) is 5.84. The number of benzene rings is 1. The molecule has 0 radical (unpaired) electrons. The predicted molar refractivity (Wildman–Crippen MR) is 124 cm³/mol. The Morgan fingerprint density at radius 2 is 1.88 bits per heavy atom. The zero-order valence-corrected chi connectivity index (χ0v) is 20.1. The van der Waals surface area contributed by atoms with Crippen molar-refractivity contribution in [2.24, 2.45) is 0 Å². The molecule has 0 aliphatic carbocycles. The number of carbonyl (C=O) groups excluding carboxylic acids is 1. The van der Waals surface area contributed by atoms with Gasteiger partial charge in [0.25, 0.3) is 10.0 Å². The molecule has 0 amide bonds. The highest BCUT2D eigenvalue weighted by atomic mass is 35.5. The van der Waals surface area contributed by atoms with Crippen molar-refractivity contribution in [3.05, 3.63) is 70.2 Å². The van der Waals surface area contributed by atoms with Gasteiger partial charge in [-0.1, -0.05) is 23.7 Å². The average molecular weight is 529 g/mol. The Morgan fingerprint density at radius 1 is 1.15 bits per heavy atom. The number of hydrogen-bond donors (Lipinski definition) is 0. The van der Waals surface area contributed by atoms with Crippen LogP contribution in [-0.4, -0.2) is 36.1 Å². The minimum Gasteiger partial charge on any atom is -0.298 e. The second-order valence-corrected chi connectivity index (χ2v) is 11.8. The molecule has 2 aromatic heterocycles. The molecule has 0 unspecified atom stereocenters. The number of nitrogens with zero attached hydrogens (tertiary/aromatic N) is 2. The van der Waals surface area contributed by atoms with Gasteiger partial charge in [-0.25, -0.2) is 8.42 Å². The van der Waals surface area contributed by atoms with Crippen LogP contribution in [0.5, 0.6) is 0 Å². The molecule has 5 nitrogen and oxygen atoms in total. The van der Waals surface area contributed by atoms with Crippen LogP contribution in [0.4, 0.5) is 13.2 Å². The Bertz CT molecular complexity index is 1290. The van der Waals surface area contributed by atoms with E-state index in [9.17, 15) is 26.4 Å². The van der Waals surface area contributed by atoms with Gasteiger partial charge in [-0.15, -0.1) is 11.3 Å². The molecule has 180 valence electrons. The van der Waals surface area contributed by atoms with Crippen LogP contribution in [0.25, 0.3) is 11.3 Å². The smallest absolute Gasteiger partial charge is 0.298 e. The summed E-state index contributed by atoms with van der Waals surface area (Å²) in [5.41, 5.74) is 1.08. The monoisotopic (exact) mass is 528 g/mol. The molecule has 0 saturated carbocycles. The van der Waals surface area contributed by atoms with Gasteiger partial charge in [-0.2, -0.15) is 17.5 Å². The number of Topliss-reactive ketones (excluding diaryl/α,β-unsaturated/α-hetero) is 1. The van der Waals surface area contributed by atoms with Crippen LogP contribution in [0.2, 0.25) is 4.34 Å². The zero-order chi connectivity index (χ0) is 24.5. The minimum absolute atomic E-state index is 0.118. The molecule has 0 spiro atoms. The average Bonchev–Trinajstić information content (AvgIpc) is 3.47. The first-order chi connectivity index (χ1) is 16.1. The summed E-state index contributed by atoms with van der Waals surface area (Å²) < 4.78 is 66.1. The van der Waals surface area contributed by atoms with E-state index in [1.54, 1.807) is 18.3 Å². The Morgan fingerprint density at radius 3 is 2.53 bits per heavy atom. The summed E-state index contributed by atoms with van der Waals surface area (Å²) in [6.07, 6.45) is -1.31. The summed E-state index contributed by atoms with van der Waals surface area (Å²) in [5.74, 6) is -0.170. The molecule has 1 aliphatic rings. The first-order valence-electron chi connectivity index (χ1n) is 10.5. The van der Waals surface area contributed by atoms with Gasteiger partial charge in [-0.3, -0.25) is 9.78 Å². The largest absolute Gasteiger partial charge is 0.416 e. The lowest BCUT2D eigenvalue weighted by molar-refractivity contribution is -0.137. The maximum Gasteiger partial charge on any atom is 0.416 e. The van der Waals surface area contributed by atoms with E-state index in [1.807, 2.05) is 0 Å². The highest BCUT2D eigenvalue weighted by Crippen LogP contribution is 2.33. The molecular formula is C23H20ClF3N2O3S2. The van der Waals surface area contributed by atoms with Gasteiger partial charge in [-0.05, 0) is 61.2 Å². The molecule has 0 N–H and O–H groups in total. The number of rotatable bonds is 7. The fraction of sp³-hybridized carbons (Fsp3) is 0.304. The number of pyridine rings is 1. The van der Waals surface area contributed by atoms with Crippen molar-refractivity contribution in [1.29, 1.82) is 0 Å². The molecule has 4 rings (SSSR count). The lowest BCUT2D eigenvalue weighted by Crippen LogP contribution is -2.40. The van der Waals surface area contributed by atoms with Crippen LogP contribution < -0.4 is 0 Å². The van der Waals surface area contributed by atoms with Crippen molar-refractivity contribution in [3.8, 4) is 11.3 Å². The van der Waals surface area contributed by atoms with E-state index in [2.05, 4.69) is 4.98 Å². The number of sulfonamides is 1. The third-order valence-electron chi connectivity index (χ3n) is 5.68. The van der Waals surface area contributed by atoms with Crippen molar-refractivity contribution >= 4 is 38.7 Å². The number of thiophene rings is 1. The SMILES string of the molecule is O=C(CCc1ccnc(-c2ccc(C(F)(F)F)cc2)c1)[C@@H]1CCCN1S(=O)(=O)c1ccc(Cl)s1. The first kappa shape index (κ1) is 24.8. The molecule has 1 aliphatic heterocycles. The molecule has 1 fully saturated rings. The van der Waals surface area contributed by atoms with Crippen molar-refractivity contribution in [2.75, 3.05) is 6.54 Å². The maximum atomic E-state index is 13.0. The van der Waals surface area contributed by atoms with Crippen LogP contribution in [0.3, 0.4) is 0 Å². The number of ketones is 1. The van der Waals surface area contributed by atoms with Crippen LogP contribution >= 0.6 is 22.9 Å². The third-order valence-corrected chi connectivity index (χ3v) is 9.29. The molecule has 1 atom stereocenters. The Kier molecular flexibility index (Phi) is 7.14. The fourth-order valence-electron chi connectivity index (χ4n) is 3.95. The Balaban J connectivity index is 1.44. The number of hydrogen-bond acceptors (Lipinski definition) is 5.